The van der Waals surface area contributed by atoms with Crippen molar-refractivity contribution in [2.24, 2.45) is 5.73 Å². The third-order valence-corrected chi connectivity index (χ3v) is 4.45. The number of anilines is 1. The first-order valence-corrected chi connectivity index (χ1v) is 7.79. The summed E-state index contributed by atoms with van der Waals surface area (Å²) in [6, 6.07) is 4.17. The van der Waals surface area contributed by atoms with Gasteiger partial charge in [0.25, 0.3) is 0 Å². The Kier molecular flexibility index (Phi) is 4.80. The minimum Gasteiger partial charge on any atom is -0.389 e. The number of rotatable bonds is 3. The number of hydrogen-bond donors (Lipinski definition) is 2. The van der Waals surface area contributed by atoms with E-state index in [1.165, 1.54) is 12.1 Å². The highest BCUT2D eigenvalue weighted by molar-refractivity contribution is 7.99. The zero-order chi connectivity index (χ0) is 14.8. The van der Waals surface area contributed by atoms with E-state index >= 15 is 0 Å². The zero-order valence-electron chi connectivity index (χ0n) is 10.7. The topological polar surface area (TPSA) is 38.0 Å². The smallest absolute Gasteiger partial charge is 0.389 e. The van der Waals surface area contributed by atoms with Crippen molar-refractivity contribution in [3.63, 3.8) is 0 Å². The normalized spacial score (nSPS) is 16.9. The summed E-state index contributed by atoms with van der Waals surface area (Å²) < 4.78 is 38.6. The van der Waals surface area contributed by atoms with Crippen LogP contribution in [0.15, 0.2) is 18.2 Å². The summed E-state index contributed by atoms with van der Waals surface area (Å²) in [4.78, 5) is -0.236. The van der Waals surface area contributed by atoms with E-state index in [2.05, 4.69) is 5.32 Å². The molecule has 0 unspecified atom stereocenters. The van der Waals surface area contributed by atoms with Crippen LogP contribution in [0.4, 0.5) is 18.9 Å². The lowest BCUT2D eigenvalue weighted by Gasteiger charge is -2.24. The minimum atomic E-state index is -4.45. The average Bonchev–Trinajstić information content (AvgIpc) is 2.38. The van der Waals surface area contributed by atoms with Crippen molar-refractivity contribution >= 4 is 34.7 Å². The van der Waals surface area contributed by atoms with Gasteiger partial charge in [0.05, 0.1) is 5.56 Å². The van der Waals surface area contributed by atoms with Gasteiger partial charge in [0.15, 0.2) is 0 Å². The molecule has 0 aliphatic carbocycles. The highest BCUT2D eigenvalue weighted by atomic mass is 32.2. The van der Waals surface area contributed by atoms with E-state index < -0.39 is 11.7 Å². The van der Waals surface area contributed by atoms with Crippen molar-refractivity contribution < 1.29 is 13.2 Å². The van der Waals surface area contributed by atoms with E-state index in [1.807, 2.05) is 11.8 Å². The second-order valence-corrected chi connectivity index (χ2v) is 6.32. The molecule has 7 heteroatoms. The molecule has 0 atom stereocenters. The molecule has 0 saturated carbocycles. The minimum absolute atomic E-state index is 0.123. The van der Waals surface area contributed by atoms with Crippen LogP contribution in [0.1, 0.15) is 24.0 Å². The van der Waals surface area contributed by atoms with Crippen LogP contribution < -0.4 is 11.1 Å². The molecule has 0 amide bonds. The molecule has 0 aromatic heterocycles. The van der Waals surface area contributed by atoms with E-state index in [0.717, 1.165) is 30.4 Å². The maximum Gasteiger partial charge on any atom is 0.417 e. The lowest BCUT2D eigenvalue weighted by molar-refractivity contribution is -0.137. The molecule has 1 aliphatic rings. The second kappa shape index (κ2) is 6.22. The highest BCUT2D eigenvalue weighted by Gasteiger charge is 2.34. The SMILES string of the molecule is NC(=S)c1cc(NC2CCSCC2)ccc1C(F)(F)F. The number of alkyl halides is 3. The Morgan fingerprint density at radius 2 is 1.95 bits per heavy atom. The van der Waals surface area contributed by atoms with Crippen molar-refractivity contribution in [2.45, 2.75) is 25.1 Å². The van der Waals surface area contributed by atoms with Crippen molar-refractivity contribution in [1.29, 1.82) is 0 Å². The van der Waals surface area contributed by atoms with Crippen LogP contribution >= 0.6 is 24.0 Å². The third-order valence-electron chi connectivity index (χ3n) is 3.18. The van der Waals surface area contributed by atoms with Crippen LogP contribution in [-0.4, -0.2) is 22.5 Å². The number of thioether (sulfide) groups is 1. The number of thiocarbonyl (C=S) groups is 1. The summed E-state index contributed by atoms with van der Waals surface area (Å²) >= 11 is 6.62. The van der Waals surface area contributed by atoms with Crippen molar-refractivity contribution in [2.75, 3.05) is 16.8 Å². The standard InChI is InChI=1S/C13H15F3N2S2/c14-13(15,16)11-2-1-9(7-10(11)12(17)19)18-8-3-5-20-6-4-8/h1-2,7-8,18H,3-6H2,(H2,17,19). The second-order valence-electron chi connectivity index (χ2n) is 4.65. The molecular weight excluding hydrogens is 305 g/mol. The maximum absolute atomic E-state index is 12.9. The van der Waals surface area contributed by atoms with Crippen LogP contribution in [0.3, 0.4) is 0 Å². The predicted octanol–water partition coefficient (Wildman–Crippen LogP) is 3.65. The maximum atomic E-state index is 12.9. The fraction of sp³-hybridized carbons (Fsp3) is 0.462. The molecular formula is C13H15F3N2S2. The van der Waals surface area contributed by atoms with Crippen LogP contribution in [0.25, 0.3) is 0 Å². The van der Waals surface area contributed by atoms with Gasteiger partial charge in [0, 0.05) is 17.3 Å². The van der Waals surface area contributed by atoms with Gasteiger partial charge in [-0.05, 0) is 42.5 Å². The summed E-state index contributed by atoms with van der Waals surface area (Å²) in [7, 11) is 0. The summed E-state index contributed by atoms with van der Waals surface area (Å²) in [5.41, 5.74) is 5.15. The van der Waals surface area contributed by atoms with Crippen LogP contribution in [0, 0.1) is 0 Å². The van der Waals surface area contributed by atoms with Gasteiger partial charge in [0.1, 0.15) is 4.99 Å². The zero-order valence-corrected chi connectivity index (χ0v) is 12.3. The van der Waals surface area contributed by atoms with Crippen molar-refractivity contribution in [3.8, 4) is 0 Å². The molecule has 20 heavy (non-hydrogen) atoms. The summed E-state index contributed by atoms with van der Waals surface area (Å²) in [6.45, 7) is 0. The Labute approximate surface area is 125 Å². The molecule has 2 nitrogen and oxygen atoms in total. The van der Waals surface area contributed by atoms with Gasteiger partial charge < -0.3 is 11.1 Å². The summed E-state index contributed by atoms with van der Waals surface area (Å²) in [5, 5.41) is 3.26. The average molecular weight is 320 g/mol. The van der Waals surface area contributed by atoms with Crippen molar-refractivity contribution in [3.05, 3.63) is 29.3 Å². The highest BCUT2D eigenvalue weighted by Crippen LogP contribution is 2.33. The third kappa shape index (κ3) is 3.79. The lowest BCUT2D eigenvalue weighted by atomic mass is 10.0. The van der Waals surface area contributed by atoms with Gasteiger partial charge >= 0.3 is 6.18 Å². The number of benzene rings is 1. The Hall–Kier alpha value is -0.950. The number of halogens is 3. The molecule has 0 spiro atoms. The number of nitrogens with two attached hydrogens (primary N) is 1. The van der Waals surface area contributed by atoms with Gasteiger partial charge in [-0.15, -0.1) is 0 Å². The monoisotopic (exact) mass is 320 g/mol. The van der Waals surface area contributed by atoms with Gasteiger partial charge in [-0.2, -0.15) is 24.9 Å². The molecule has 1 aromatic carbocycles. The molecule has 1 aliphatic heterocycles. The summed E-state index contributed by atoms with van der Waals surface area (Å²) in [5.74, 6) is 2.14. The van der Waals surface area contributed by atoms with Crippen LogP contribution in [0.5, 0.6) is 0 Å². The van der Waals surface area contributed by atoms with Crippen LogP contribution in [-0.2, 0) is 6.18 Å². The first kappa shape index (κ1) is 15.4. The predicted molar refractivity (Wildman–Crippen MR) is 81.3 cm³/mol. The molecule has 3 N–H and O–H groups in total. The van der Waals surface area contributed by atoms with E-state index in [0.29, 0.717) is 11.7 Å². The first-order valence-electron chi connectivity index (χ1n) is 6.23. The summed E-state index contributed by atoms with van der Waals surface area (Å²) in [6.07, 6.45) is -2.43. The first-order chi connectivity index (χ1) is 9.38. The van der Waals surface area contributed by atoms with Gasteiger partial charge in [-0.3, -0.25) is 0 Å². The molecule has 2 rings (SSSR count). The Bertz CT molecular complexity index is 497. The molecule has 0 bridgehead atoms. The molecule has 1 aromatic rings. The lowest BCUT2D eigenvalue weighted by Crippen LogP contribution is -2.25. The molecule has 1 saturated heterocycles. The van der Waals surface area contributed by atoms with Crippen LogP contribution in [0.2, 0.25) is 0 Å². The van der Waals surface area contributed by atoms with Gasteiger partial charge in [-0.25, -0.2) is 0 Å². The molecule has 0 radical (unpaired) electrons. The molecule has 110 valence electrons. The van der Waals surface area contributed by atoms with Gasteiger partial charge in [-0.1, -0.05) is 12.2 Å². The number of nitrogens with one attached hydrogen (secondary N) is 1. The fourth-order valence-corrected chi connectivity index (χ4v) is 3.44. The van der Waals surface area contributed by atoms with Gasteiger partial charge in [0.2, 0.25) is 0 Å². The number of hydrogen-bond acceptors (Lipinski definition) is 3. The van der Waals surface area contributed by atoms with E-state index in [9.17, 15) is 13.2 Å². The van der Waals surface area contributed by atoms with Crippen molar-refractivity contribution in [1.82, 2.24) is 0 Å². The quantitative estimate of drug-likeness (QED) is 0.834. The largest absolute Gasteiger partial charge is 0.417 e. The Morgan fingerprint density at radius 1 is 1.30 bits per heavy atom. The van der Waals surface area contributed by atoms with E-state index in [1.54, 1.807) is 0 Å². The van der Waals surface area contributed by atoms with E-state index in [-0.39, 0.29) is 10.6 Å². The van der Waals surface area contributed by atoms with E-state index in [4.69, 9.17) is 18.0 Å². The Balaban J connectivity index is 2.23. The Morgan fingerprint density at radius 3 is 2.50 bits per heavy atom. The molecule has 1 heterocycles. The molecule has 1 fully saturated rings. The fourth-order valence-electron chi connectivity index (χ4n) is 2.16.